The minimum Gasteiger partial charge on any atom is -0.372 e. The van der Waals surface area contributed by atoms with Gasteiger partial charge in [0, 0.05) is 104 Å². The summed E-state index contributed by atoms with van der Waals surface area (Å²) >= 11 is 0. The van der Waals surface area contributed by atoms with Crippen LogP contribution in [0.15, 0.2) is 77.4 Å². The number of piperidine rings is 1. The number of anilines is 3. The summed E-state index contributed by atoms with van der Waals surface area (Å²) in [5, 5.41) is 18.1. The maximum absolute atomic E-state index is 13.0. The highest BCUT2D eigenvalue weighted by Crippen LogP contribution is 2.34. The first kappa shape index (κ1) is 42.7. The number of nitrogens with one attached hydrogen (secondary N) is 3. The third kappa shape index (κ3) is 8.94. The van der Waals surface area contributed by atoms with Gasteiger partial charge in [0.2, 0.25) is 11.8 Å². The Morgan fingerprint density at radius 1 is 0.844 bits per heavy atom. The molecule has 0 saturated carbocycles. The SMILES string of the molecule is Cc1cc(-c2n[nH]c3ncc(-c4ccc(N5CCN(CC6CCN(c7ccc(N8CCC(=O)NC8=O)cc7)CC6)CC5)c(C)c4)cc23)ccc1[C@@H](C)NC(=O)c1noc(C(C)(C)C)n1. The molecule has 6 heterocycles. The minimum absolute atomic E-state index is 0.0239. The highest BCUT2D eigenvalue weighted by molar-refractivity contribution is 6.05. The molecule has 0 aliphatic carbocycles. The topological polar surface area (TPSA) is 169 Å². The van der Waals surface area contributed by atoms with Crippen molar-refractivity contribution in [2.24, 2.45) is 5.92 Å². The third-order valence-corrected chi connectivity index (χ3v) is 13.0. The molecular weight excluding hydrogens is 807 g/mol. The van der Waals surface area contributed by atoms with Gasteiger partial charge in [-0.05, 0) is 110 Å². The van der Waals surface area contributed by atoms with Crippen LogP contribution >= 0.6 is 0 Å². The van der Waals surface area contributed by atoms with Crippen molar-refractivity contribution in [1.82, 2.24) is 40.9 Å². The van der Waals surface area contributed by atoms with Gasteiger partial charge in [-0.1, -0.05) is 44.1 Å². The Bertz CT molecular complexity index is 2690. The summed E-state index contributed by atoms with van der Waals surface area (Å²) in [7, 11) is 0. The molecule has 3 aromatic heterocycles. The second-order valence-corrected chi connectivity index (χ2v) is 18.6. The molecule has 9 rings (SSSR count). The van der Waals surface area contributed by atoms with Gasteiger partial charge >= 0.3 is 6.03 Å². The Kier molecular flexibility index (Phi) is 11.7. The predicted molar refractivity (Wildman–Crippen MR) is 249 cm³/mol. The number of carbonyl (C=O) groups is 3. The summed E-state index contributed by atoms with van der Waals surface area (Å²) in [4.78, 5) is 55.1. The fourth-order valence-electron chi connectivity index (χ4n) is 9.30. The zero-order chi connectivity index (χ0) is 44.7. The van der Waals surface area contributed by atoms with E-state index >= 15 is 0 Å². The standard InChI is InChI=1S/C49H57N11O4/c1-30-25-35(7-13-39(30)32(3)51-46(62)45-53-47(64-56-45)49(4,5)6)43-40-27-36(28-50-44(40)55-54-43)34-8-14-41(31(2)26-34)59-23-21-57(22-24-59)29-33-15-18-58(19-16-33)37-9-11-38(12-10-37)60-20-17-42(61)52-48(60)63/h7-14,25-28,32-33H,15-24,29H2,1-6H3,(H,51,62)(H,50,54,55)(H,52,61,63)/t32-/m1/s1. The number of carbonyl (C=O) groups excluding carboxylic acids is 3. The Morgan fingerprint density at radius 3 is 2.25 bits per heavy atom. The number of nitrogens with zero attached hydrogens (tertiary/aromatic N) is 8. The first-order chi connectivity index (χ1) is 30.8. The van der Waals surface area contributed by atoms with Crippen molar-refractivity contribution in [2.45, 2.75) is 72.3 Å². The molecule has 15 heteroatoms. The van der Waals surface area contributed by atoms with E-state index < -0.39 is 0 Å². The Morgan fingerprint density at radius 2 is 1.56 bits per heavy atom. The molecule has 3 aliphatic heterocycles. The molecule has 0 bridgehead atoms. The Labute approximate surface area is 373 Å². The number of H-pyrrole nitrogens is 1. The van der Waals surface area contributed by atoms with Crippen LogP contribution < -0.4 is 25.3 Å². The molecule has 3 N–H and O–H groups in total. The van der Waals surface area contributed by atoms with Gasteiger partial charge in [-0.3, -0.25) is 29.8 Å². The first-order valence-electron chi connectivity index (χ1n) is 22.4. The van der Waals surface area contributed by atoms with Gasteiger partial charge in [-0.15, -0.1) is 0 Å². The number of pyridine rings is 1. The number of imide groups is 1. The molecule has 3 fully saturated rings. The summed E-state index contributed by atoms with van der Waals surface area (Å²) in [6, 6.07) is 22.6. The normalized spacial score (nSPS) is 17.2. The molecule has 0 radical (unpaired) electrons. The van der Waals surface area contributed by atoms with Crippen LogP contribution in [0.5, 0.6) is 0 Å². The van der Waals surface area contributed by atoms with Crippen molar-refractivity contribution in [3.05, 3.63) is 101 Å². The fourth-order valence-corrected chi connectivity index (χ4v) is 9.30. The van der Waals surface area contributed by atoms with Crippen molar-refractivity contribution in [3.63, 3.8) is 0 Å². The van der Waals surface area contributed by atoms with Crippen LogP contribution in [0.1, 0.15) is 86.2 Å². The van der Waals surface area contributed by atoms with Crippen molar-refractivity contribution in [1.29, 1.82) is 0 Å². The maximum atomic E-state index is 13.0. The number of piperazine rings is 1. The van der Waals surface area contributed by atoms with Gasteiger partial charge in [0.25, 0.3) is 11.7 Å². The summed E-state index contributed by atoms with van der Waals surface area (Å²) in [5.74, 6) is 0.522. The first-order valence-corrected chi connectivity index (χ1v) is 22.4. The molecule has 15 nitrogen and oxygen atoms in total. The van der Waals surface area contributed by atoms with Crippen molar-refractivity contribution >= 4 is 45.9 Å². The maximum Gasteiger partial charge on any atom is 0.328 e. The van der Waals surface area contributed by atoms with E-state index in [1.54, 1.807) is 4.90 Å². The predicted octanol–water partition coefficient (Wildman–Crippen LogP) is 7.57. The number of urea groups is 1. The van der Waals surface area contributed by atoms with E-state index in [9.17, 15) is 14.4 Å². The number of aryl methyl sites for hydroxylation is 2. The van der Waals surface area contributed by atoms with Gasteiger partial charge in [-0.25, -0.2) is 9.78 Å². The summed E-state index contributed by atoms with van der Waals surface area (Å²) in [5.41, 5.74) is 10.8. The second kappa shape index (κ2) is 17.5. The zero-order valence-electron chi connectivity index (χ0n) is 37.6. The van der Waals surface area contributed by atoms with E-state index in [1.165, 1.54) is 16.9 Å². The minimum atomic E-state index is -0.382. The monoisotopic (exact) mass is 863 g/mol. The van der Waals surface area contributed by atoms with E-state index in [0.717, 1.165) is 109 Å². The van der Waals surface area contributed by atoms with Gasteiger partial charge in [0.05, 0.1) is 6.04 Å². The molecule has 0 unspecified atom stereocenters. The number of hydrogen-bond donors (Lipinski definition) is 3. The zero-order valence-corrected chi connectivity index (χ0v) is 37.6. The van der Waals surface area contributed by atoms with E-state index in [0.29, 0.717) is 24.8 Å². The van der Waals surface area contributed by atoms with Gasteiger partial charge in [-0.2, -0.15) is 10.1 Å². The van der Waals surface area contributed by atoms with Crippen LogP contribution in [-0.4, -0.2) is 100 Å². The lowest BCUT2D eigenvalue weighted by Crippen LogP contribution is -2.49. The van der Waals surface area contributed by atoms with Crippen LogP contribution in [0.4, 0.5) is 21.9 Å². The van der Waals surface area contributed by atoms with E-state index in [4.69, 9.17) is 9.51 Å². The highest BCUT2D eigenvalue weighted by Gasteiger charge is 2.28. The summed E-state index contributed by atoms with van der Waals surface area (Å²) < 4.78 is 5.32. The summed E-state index contributed by atoms with van der Waals surface area (Å²) in [6.45, 7) is 19.8. The Hall–Kier alpha value is -6.61. The lowest BCUT2D eigenvalue weighted by molar-refractivity contribution is -0.120. The largest absolute Gasteiger partial charge is 0.372 e. The lowest BCUT2D eigenvalue weighted by Gasteiger charge is -2.40. The average molecular weight is 864 g/mol. The molecule has 1 atom stereocenters. The number of amides is 4. The summed E-state index contributed by atoms with van der Waals surface area (Å²) in [6.07, 6.45) is 4.56. The van der Waals surface area contributed by atoms with Gasteiger partial charge < -0.3 is 19.6 Å². The van der Waals surface area contributed by atoms with Crippen LogP contribution in [0.3, 0.4) is 0 Å². The van der Waals surface area contributed by atoms with Crippen molar-refractivity contribution in [2.75, 3.05) is 67.1 Å². The molecule has 4 amide bonds. The molecule has 3 saturated heterocycles. The van der Waals surface area contributed by atoms with E-state index in [1.807, 2.05) is 65.1 Å². The number of rotatable bonds is 10. The molecule has 6 aromatic rings. The van der Waals surface area contributed by atoms with Crippen LogP contribution in [0.25, 0.3) is 33.4 Å². The van der Waals surface area contributed by atoms with E-state index in [2.05, 4.69) is 95.1 Å². The van der Waals surface area contributed by atoms with Crippen LogP contribution in [-0.2, 0) is 10.2 Å². The molecular formula is C49H57N11O4. The number of aromatic nitrogens is 5. The number of hydrogen-bond acceptors (Lipinski definition) is 11. The number of fused-ring (bicyclic) bond motifs is 1. The third-order valence-electron chi connectivity index (χ3n) is 13.0. The molecule has 64 heavy (non-hydrogen) atoms. The molecule has 3 aromatic carbocycles. The van der Waals surface area contributed by atoms with Crippen molar-refractivity contribution < 1.29 is 18.9 Å². The quantitative estimate of drug-likeness (QED) is 0.124. The lowest BCUT2D eigenvalue weighted by atomic mass is 9.95. The average Bonchev–Trinajstić information content (AvgIpc) is 3.96. The Balaban J connectivity index is 0.783. The second-order valence-electron chi connectivity index (χ2n) is 18.6. The van der Waals surface area contributed by atoms with Gasteiger partial charge in [0.15, 0.2) is 5.65 Å². The number of aromatic amines is 1. The van der Waals surface area contributed by atoms with E-state index in [-0.39, 0.29) is 35.1 Å². The van der Waals surface area contributed by atoms with Crippen LogP contribution in [0.2, 0.25) is 0 Å². The van der Waals surface area contributed by atoms with Crippen molar-refractivity contribution in [3.8, 4) is 22.4 Å². The smallest absolute Gasteiger partial charge is 0.328 e. The molecule has 0 spiro atoms. The molecule has 3 aliphatic rings. The molecule has 332 valence electrons. The van der Waals surface area contributed by atoms with Crippen LogP contribution in [0, 0.1) is 19.8 Å². The number of benzene rings is 3. The fraction of sp³-hybridized carbons (Fsp3) is 0.408. The van der Waals surface area contributed by atoms with Gasteiger partial charge in [0.1, 0.15) is 5.69 Å². The highest BCUT2D eigenvalue weighted by atomic mass is 16.5.